The highest BCUT2D eigenvalue weighted by molar-refractivity contribution is 5.45. The van der Waals surface area contributed by atoms with Crippen LogP contribution in [-0.2, 0) is 17.8 Å². The van der Waals surface area contributed by atoms with Crippen molar-refractivity contribution in [1.82, 2.24) is 14.9 Å². The Bertz CT molecular complexity index is 465. The van der Waals surface area contributed by atoms with Gasteiger partial charge in [-0.25, -0.2) is 4.98 Å². The monoisotopic (exact) mass is 229 g/mol. The van der Waals surface area contributed by atoms with E-state index in [2.05, 4.69) is 27.0 Å². The van der Waals surface area contributed by atoms with Crippen LogP contribution in [0.1, 0.15) is 11.4 Å². The van der Waals surface area contributed by atoms with E-state index in [-0.39, 0.29) is 0 Å². The van der Waals surface area contributed by atoms with E-state index < -0.39 is 0 Å². The Kier molecular flexibility index (Phi) is 3.91. The minimum absolute atomic E-state index is 0.620. The topological polar surface area (TPSA) is 46.9 Å². The van der Waals surface area contributed by atoms with Crippen molar-refractivity contribution in [1.29, 1.82) is 0 Å². The number of carbonyl (C=O) groups excluding carboxylic acids is 1. The van der Waals surface area contributed by atoms with Crippen LogP contribution >= 0.6 is 0 Å². The molecule has 0 unspecified atom stereocenters. The fraction of sp³-hybridized carbons (Fsp3) is 0.231. The molecule has 4 nitrogen and oxygen atoms in total. The summed E-state index contributed by atoms with van der Waals surface area (Å²) in [5, 5.41) is 2.64. The molecule has 0 aliphatic heterocycles. The SMILES string of the molecule is O=CNCCc1nccn1Cc1ccccc1. The van der Waals surface area contributed by atoms with E-state index in [9.17, 15) is 4.79 Å². The Morgan fingerprint density at radius 3 is 2.88 bits per heavy atom. The van der Waals surface area contributed by atoms with Crippen molar-refractivity contribution in [2.24, 2.45) is 0 Å². The van der Waals surface area contributed by atoms with Gasteiger partial charge in [0.2, 0.25) is 6.41 Å². The molecule has 4 heteroatoms. The first-order valence-corrected chi connectivity index (χ1v) is 5.61. The van der Waals surface area contributed by atoms with Gasteiger partial charge in [-0.1, -0.05) is 30.3 Å². The van der Waals surface area contributed by atoms with E-state index in [0.717, 1.165) is 18.8 Å². The predicted octanol–water partition coefficient (Wildman–Crippen LogP) is 1.22. The largest absolute Gasteiger partial charge is 0.358 e. The number of rotatable bonds is 6. The van der Waals surface area contributed by atoms with E-state index in [1.807, 2.05) is 24.4 Å². The summed E-state index contributed by atoms with van der Waals surface area (Å²) in [7, 11) is 0. The normalized spacial score (nSPS) is 10.1. The van der Waals surface area contributed by atoms with Gasteiger partial charge < -0.3 is 9.88 Å². The summed E-state index contributed by atoms with van der Waals surface area (Å²) < 4.78 is 2.10. The zero-order valence-electron chi connectivity index (χ0n) is 9.54. The van der Waals surface area contributed by atoms with Crippen molar-refractivity contribution < 1.29 is 4.79 Å². The number of aromatic nitrogens is 2. The van der Waals surface area contributed by atoms with E-state index in [4.69, 9.17) is 0 Å². The third-order valence-electron chi connectivity index (χ3n) is 2.57. The molecule has 0 saturated heterocycles. The molecule has 0 fully saturated rings. The maximum absolute atomic E-state index is 10.2. The molecule has 0 aliphatic carbocycles. The minimum atomic E-state index is 0.620. The lowest BCUT2D eigenvalue weighted by atomic mass is 10.2. The van der Waals surface area contributed by atoms with Gasteiger partial charge in [0.15, 0.2) is 0 Å². The van der Waals surface area contributed by atoms with E-state index >= 15 is 0 Å². The zero-order chi connectivity index (χ0) is 11.9. The molecule has 0 atom stereocenters. The van der Waals surface area contributed by atoms with Gasteiger partial charge in [0, 0.05) is 31.9 Å². The summed E-state index contributed by atoms with van der Waals surface area (Å²) in [6.45, 7) is 1.44. The van der Waals surface area contributed by atoms with Crippen LogP contribution in [0.2, 0.25) is 0 Å². The minimum Gasteiger partial charge on any atom is -0.358 e. The van der Waals surface area contributed by atoms with Crippen LogP contribution in [0.4, 0.5) is 0 Å². The fourth-order valence-corrected chi connectivity index (χ4v) is 1.74. The fourth-order valence-electron chi connectivity index (χ4n) is 1.74. The molecule has 88 valence electrons. The van der Waals surface area contributed by atoms with E-state index in [1.165, 1.54) is 5.56 Å². The van der Waals surface area contributed by atoms with Crippen LogP contribution in [0.15, 0.2) is 42.7 Å². The number of amides is 1. The molecule has 1 amide bonds. The molecule has 0 saturated carbocycles. The molecule has 1 heterocycles. The number of nitrogens with zero attached hydrogens (tertiary/aromatic N) is 2. The molecular weight excluding hydrogens is 214 g/mol. The van der Waals surface area contributed by atoms with Crippen LogP contribution < -0.4 is 5.32 Å². The van der Waals surface area contributed by atoms with Gasteiger partial charge in [0.1, 0.15) is 5.82 Å². The number of nitrogens with one attached hydrogen (secondary N) is 1. The molecule has 1 N–H and O–H groups in total. The molecule has 17 heavy (non-hydrogen) atoms. The second kappa shape index (κ2) is 5.84. The van der Waals surface area contributed by atoms with Gasteiger partial charge >= 0.3 is 0 Å². The maximum atomic E-state index is 10.2. The number of hydrogen-bond donors (Lipinski definition) is 1. The third kappa shape index (κ3) is 3.17. The number of hydrogen-bond acceptors (Lipinski definition) is 2. The van der Waals surface area contributed by atoms with Gasteiger partial charge in [-0.3, -0.25) is 4.79 Å². The van der Waals surface area contributed by atoms with Crippen molar-refractivity contribution in [3.8, 4) is 0 Å². The molecular formula is C13H15N3O. The van der Waals surface area contributed by atoms with Gasteiger partial charge in [-0.05, 0) is 5.56 Å². The second-order valence-electron chi connectivity index (χ2n) is 3.78. The summed E-state index contributed by atoms with van der Waals surface area (Å²) in [6.07, 6.45) is 5.21. The molecule has 1 aromatic carbocycles. The Morgan fingerprint density at radius 1 is 1.29 bits per heavy atom. The molecule has 2 aromatic rings. The van der Waals surface area contributed by atoms with Crippen LogP contribution in [0, 0.1) is 0 Å². The van der Waals surface area contributed by atoms with Gasteiger partial charge in [-0.15, -0.1) is 0 Å². The highest BCUT2D eigenvalue weighted by Crippen LogP contribution is 2.05. The van der Waals surface area contributed by atoms with E-state index in [0.29, 0.717) is 13.0 Å². The molecule has 0 spiro atoms. The van der Waals surface area contributed by atoms with Crippen molar-refractivity contribution in [2.75, 3.05) is 6.54 Å². The highest BCUT2D eigenvalue weighted by atomic mass is 16.1. The summed E-state index contributed by atoms with van der Waals surface area (Å²) in [5.74, 6) is 0.989. The van der Waals surface area contributed by atoms with Crippen molar-refractivity contribution in [2.45, 2.75) is 13.0 Å². The predicted molar refractivity (Wildman–Crippen MR) is 65.5 cm³/mol. The first-order valence-electron chi connectivity index (χ1n) is 5.61. The van der Waals surface area contributed by atoms with Crippen LogP contribution in [-0.4, -0.2) is 22.5 Å². The van der Waals surface area contributed by atoms with Crippen LogP contribution in [0.3, 0.4) is 0 Å². The Morgan fingerprint density at radius 2 is 2.12 bits per heavy atom. The quantitative estimate of drug-likeness (QED) is 0.598. The Hall–Kier alpha value is -2.10. The lowest BCUT2D eigenvalue weighted by Crippen LogP contribution is -2.17. The van der Waals surface area contributed by atoms with Gasteiger partial charge in [0.05, 0.1) is 0 Å². The van der Waals surface area contributed by atoms with Crippen LogP contribution in [0.5, 0.6) is 0 Å². The number of benzene rings is 1. The average molecular weight is 229 g/mol. The summed E-state index contributed by atoms with van der Waals surface area (Å²) in [6, 6.07) is 10.2. The average Bonchev–Trinajstić information content (AvgIpc) is 2.79. The Labute approximate surface area is 100 Å². The lowest BCUT2D eigenvalue weighted by molar-refractivity contribution is -0.109. The smallest absolute Gasteiger partial charge is 0.207 e. The van der Waals surface area contributed by atoms with Crippen molar-refractivity contribution >= 4 is 6.41 Å². The first kappa shape index (κ1) is 11.4. The Balaban J connectivity index is 2.01. The third-order valence-corrected chi connectivity index (χ3v) is 2.57. The molecule has 0 aliphatic rings. The summed E-state index contributed by atoms with van der Waals surface area (Å²) in [4.78, 5) is 14.5. The number of carbonyl (C=O) groups is 1. The highest BCUT2D eigenvalue weighted by Gasteiger charge is 2.02. The zero-order valence-corrected chi connectivity index (χ0v) is 9.54. The van der Waals surface area contributed by atoms with Gasteiger partial charge in [-0.2, -0.15) is 0 Å². The first-order chi connectivity index (χ1) is 8.40. The van der Waals surface area contributed by atoms with Crippen molar-refractivity contribution in [3.05, 3.63) is 54.1 Å². The molecule has 1 aromatic heterocycles. The summed E-state index contributed by atoms with van der Waals surface area (Å²) in [5.41, 5.74) is 1.25. The standard InChI is InChI=1S/C13H15N3O/c17-11-14-7-6-13-15-8-9-16(13)10-12-4-2-1-3-5-12/h1-5,8-9,11H,6-7,10H2,(H,14,17). The second-order valence-corrected chi connectivity index (χ2v) is 3.78. The lowest BCUT2D eigenvalue weighted by Gasteiger charge is -2.07. The van der Waals surface area contributed by atoms with Gasteiger partial charge in [0.25, 0.3) is 0 Å². The van der Waals surface area contributed by atoms with Crippen molar-refractivity contribution in [3.63, 3.8) is 0 Å². The molecule has 2 rings (SSSR count). The van der Waals surface area contributed by atoms with E-state index in [1.54, 1.807) is 6.20 Å². The summed E-state index contributed by atoms with van der Waals surface area (Å²) >= 11 is 0. The molecule has 0 radical (unpaired) electrons. The maximum Gasteiger partial charge on any atom is 0.207 e. The molecule has 0 bridgehead atoms. The van der Waals surface area contributed by atoms with Crippen LogP contribution in [0.25, 0.3) is 0 Å². The number of imidazole rings is 1.